The molecular weight excluding hydrogens is 242 g/mol. The molecule has 4 heteroatoms. The van der Waals surface area contributed by atoms with E-state index in [0.717, 1.165) is 16.9 Å². The molecule has 106 valence electrons. The molecule has 0 aromatic heterocycles. The first-order valence-electron chi connectivity index (χ1n) is 6.41. The summed E-state index contributed by atoms with van der Waals surface area (Å²) in [6, 6.07) is 5.17. The molecule has 4 nitrogen and oxygen atoms in total. The Bertz CT molecular complexity index is 449. The Morgan fingerprint density at radius 1 is 1.42 bits per heavy atom. The Morgan fingerprint density at radius 3 is 2.53 bits per heavy atom. The van der Waals surface area contributed by atoms with Gasteiger partial charge >= 0.3 is 5.97 Å². The second kappa shape index (κ2) is 6.06. The van der Waals surface area contributed by atoms with Gasteiger partial charge in [0, 0.05) is 0 Å². The average Bonchev–Trinajstić information content (AvgIpc) is 2.34. The number of hydrogen-bond donors (Lipinski definition) is 2. The number of carbonyl (C=O) groups is 1. The summed E-state index contributed by atoms with van der Waals surface area (Å²) < 4.78 is 5.37. The summed E-state index contributed by atoms with van der Waals surface area (Å²) in [5.74, 6) is -0.0941. The molecule has 0 aliphatic carbocycles. The van der Waals surface area contributed by atoms with Crippen LogP contribution in [0.4, 0.5) is 0 Å². The Kier molecular flexibility index (Phi) is 4.95. The van der Waals surface area contributed by atoms with Crippen LogP contribution in [0.5, 0.6) is 5.75 Å². The van der Waals surface area contributed by atoms with Crippen molar-refractivity contribution in [1.29, 1.82) is 0 Å². The number of rotatable bonds is 5. The molecule has 0 aliphatic heterocycles. The van der Waals surface area contributed by atoms with Crippen LogP contribution in [0.3, 0.4) is 0 Å². The van der Waals surface area contributed by atoms with Crippen LogP contribution in [0.15, 0.2) is 18.2 Å². The van der Waals surface area contributed by atoms with Gasteiger partial charge in [-0.15, -0.1) is 0 Å². The number of methoxy groups -OCH3 is 1. The third-order valence-electron chi connectivity index (χ3n) is 3.13. The van der Waals surface area contributed by atoms with Crippen molar-refractivity contribution in [3.05, 3.63) is 29.3 Å². The second-order valence-electron chi connectivity index (χ2n) is 5.77. The minimum atomic E-state index is -0.954. The van der Waals surface area contributed by atoms with Crippen LogP contribution in [-0.2, 0) is 16.6 Å². The lowest BCUT2D eigenvalue weighted by atomic mass is 9.85. The van der Waals surface area contributed by atoms with Crippen LogP contribution < -0.4 is 10.5 Å². The van der Waals surface area contributed by atoms with Crippen LogP contribution >= 0.6 is 0 Å². The fourth-order valence-corrected chi connectivity index (χ4v) is 1.94. The predicted molar refractivity (Wildman–Crippen MR) is 75.6 cm³/mol. The van der Waals surface area contributed by atoms with E-state index < -0.39 is 12.0 Å². The molecule has 0 saturated carbocycles. The summed E-state index contributed by atoms with van der Waals surface area (Å²) in [7, 11) is 1.66. The number of ether oxygens (including phenoxy) is 1. The van der Waals surface area contributed by atoms with Gasteiger partial charge in [-0.3, -0.25) is 4.79 Å². The van der Waals surface area contributed by atoms with Crippen molar-refractivity contribution in [2.45, 2.75) is 45.1 Å². The molecular formula is C15H23NO3. The molecule has 3 N–H and O–H groups in total. The quantitative estimate of drug-likeness (QED) is 0.857. The van der Waals surface area contributed by atoms with Gasteiger partial charge in [0.15, 0.2) is 0 Å². The lowest BCUT2D eigenvalue weighted by molar-refractivity contribution is -0.138. The Morgan fingerprint density at radius 2 is 2.05 bits per heavy atom. The van der Waals surface area contributed by atoms with Gasteiger partial charge < -0.3 is 15.6 Å². The molecule has 0 saturated heterocycles. The summed E-state index contributed by atoms with van der Waals surface area (Å²) in [4.78, 5) is 10.7. The van der Waals surface area contributed by atoms with Gasteiger partial charge in [-0.25, -0.2) is 0 Å². The number of benzene rings is 1. The van der Waals surface area contributed by atoms with E-state index in [1.54, 1.807) is 7.11 Å². The van der Waals surface area contributed by atoms with Gasteiger partial charge in [0.1, 0.15) is 11.8 Å². The fourth-order valence-electron chi connectivity index (χ4n) is 1.94. The van der Waals surface area contributed by atoms with Crippen molar-refractivity contribution in [2.24, 2.45) is 5.73 Å². The largest absolute Gasteiger partial charge is 0.496 e. The third kappa shape index (κ3) is 4.24. The molecule has 0 amide bonds. The molecule has 0 bridgehead atoms. The van der Waals surface area contributed by atoms with Crippen molar-refractivity contribution < 1.29 is 14.6 Å². The van der Waals surface area contributed by atoms with Crippen LogP contribution in [0.25, 0.3) is 0 Å². The van der Waals surface area contributed by atoms with E-state index >= 15 is 0 Å². The van der Waals surface area contributed by atoms with E-state index in [0.29, 0.717) is 12.8 Å². The number of nitrogens with two attached hydrogens (primary N) is 1. The maximum absolute atomic E-state index is 10.7. The van der Waals surface area contributed by atoms with Crippen LogP contribution in [0.1, 0.15) is 38.3 Å². The van der Waals surface area contributed by atoms with E-state index in [4.69, 9.17) is 15.6 Å². The number of carboxylic acids is 1. The minimum absolute atomic E-state index is 0.0176. The lowest BCUT2D eigenvalue weighted by Gasteiger charge is -2.23. The Hall–Kier alpha value is -1.55. The highest BCUT2D eigenvalue weighted by Gasteiger charge is 2.19. The summed E-state index contributed by atoms with van der Waals surface area (Å²) in [5.41, 5.74) is 7.71. The first kappa shape index (κ1) is 15.5. The molecule has 19 heavy (non-hydrogen) atoms. The highest BCUT2D eigenvalue weighted by molar-refractivity contribution is 5.73. The molecule has 0 aliphatic rings. The van der Waals surface area contributed by atoms with Crippen LogP contribution in [0, 0.1) is 0 Å². The predicted octanol–water partition coefficient (Wildman–Crippen LogP) is 2.34. The smallest absolute Gasteiger partial charge is 0.320 e. The van der Waals surface area contributed by atoms with Crippen molar-refractivity contribution in [3.8, 4) is 5.75 Å². The zero-order chi connectivity index (χ0) is 14.6. The van der Waals surface area contributed by atoms with E-state index in [1.165, 1.54) is 0 Å². The first-order valence-corrected chi connectivity index (χ1v) is 6.41. The number of aryl methyl sites for hydroxylation is 1. The molecule has 0 fully saturated rings. The summed E-state index contributed by atoms with van der Waals surface area (Å²) in [6.07, 6.45) is 1.09. The second-order valence-corrected chi connectivity index (χ2v) is 5.77. The molecule has 1 atom stereocenters. The van der Waals surface area contributed by atoms with E-state index in [1.807, 2.05) is 12.1 Å². The molecule has 0 heterocycles. The molecule has 0 spiro atoms. The molecule has 1 unspecified atom stereocenters. The number of carboxylic acid groups (broad SMARTS) is 1. The monoisotopic (exact) mass is 265 g/mol. The minimum Gasteiger partial charge on any atom is -0.496 e. The Labute approximate surface area is 114 Å². The highest BCUT2D eigenvalue weighted by Crippen LogP contribution is 2.32. The summed E-state index contributed by atoms with van der Waals surface area (Å²) in [5, 5.41) is 8.78. The maximum Gasteiger partial charge on any atom is 0.320 e. The van der Waals surface area contributed by atoms with Crippen molar-refractivity contribution in [3.63, 3.8) is 0 Å². The van der Waals surface area contributed by atoms with Gasteiger partial charge in [0.25, 0.3) is 0 Å². The van der Waals surface area contributed by atoms with Crippen LogP contribution in [0.2, 0.25) is 0 Å². The average molecular weight is 265 g/mol. The zero-order valence-electron chi connectivity index (χ0n) is 12.1. The van der Waals surface area contributed by atoms with E-state index in [-0.39, 0.29) is 5.41 Å². The van der Waals surface area contributed by atoms with Gasteiger partial charge in [0.2, 0.25) is 0 Å². The van der Waals surface area contributed by atoms with Crippen molar-refractivity contribution in [2.75, 3.05) is 7.11 Å². The molecule has 1 rings (SSSR count). The third-order valence-corrected chi connectivity index (χ3v) is 3.13. The zero-order valence-corrected chi connectivity index (χ0v) is 12.1. The van der Waals surface area contributed by atoms with Crippen molar-refractivity contribution in [1.82, 2.24) is 0 Å². The normalized spacial score (nSPS) is 13.1. The lowest BCUT2D eigenvalue weighted by Crippen LogP contribution is -2.30. The van der Waals surface area contributed by atoms with Gasteiger partial charge in [0.05, 0.1) is 7.11 Å². The van der Waals surface area contributed by atoms with Gasteiger partial charge in [-0.05, 0) is 35.4 Å². The van der Waals surface area contributed by atoms with Gasteiger partial charge in [-0.1, -0.05) is 32.9 Å². The van der Waals surface area contributed by atoms with Gasteiger partial charge in [-0.2, -0.15) is 0 Å². The topological polar surface area (TPSA) is 72.5 Å². The summed E-state index contributed by atoms with van der Waals surface area (Å²) >= 11 is 0. The molecule has 1 aromatic rings. The SMILES string of the molecule is COc1ccc(CCC(N)C(=O)O)cc1C(C)(C)C. The first-order chi connectivity index (χ1) is 8.75. The number of aliphatic carboxylic acids is 1. The molecule has 0 radical (unpaired) electrons. The number of hydrogen-bond acceptors (Lipinski definition) is 3. The van der Waals surface area contributed by atoms with E-state index in [9.17, 15) is 4.79 Å². The standard InChI is InChI=1S/C15H23NO3/c1-15(2,3)11-9-10(6-8-13(11)19-4)5-7-12(16)14(17)18/h6,8-9,12H,5,7,16H2,1-4H3,(H,17,18). The maximum atomic E-state index is 10.7. The highest BCUT2D eigenvalue weighted by atomic mass is 16.5. The van der Waals surface area contributed by atoms with E-state index in [2.05, 4.69) is 26.8 Å². The Balaban J connectivity index is 2.90. The molecule has 1 aromatic carbocycles. The van der Waals surface area contributed by atoms with Crippen molar-refractivity contribution >= 4 is 5.97 Å². The fraction of sp³-hybridized carbons (Fsp3) is 0.533. The van der Waals surface area contributed by atoms with Crippen LogP contribution in [-0.4, -0.2) is 24.2 Å². The summed E-state index contributed by atoms with van der Waals surface area (Å²) in [6.45, 7) is 6.37.